The molecule has 18 heavy (non-hydrogen) atoms. The van der Waals surface area contributed by atoms with Crippen molar-refractivity contribution in [3.8, 4) is 11.3 Å². The average molecular weight is 251 g/mol. The van der Waals surface area contributed by atoms with Crippen LogP contribution in [0.4, 0.5) is 14.6 Å². The Labute approximate surface area is 104 Å². The molecule has 0 saturated carbocycles. The Morgan fingerprint density at radius 1 is 1.33 bits per heavy atom. The lowest BCUT2D eigenvalue weighted by molar-refractivity contribution is 0.584. The fourth-order valence-electron chi connectivity index (χ4n) is 1.91. The predicted octanol–water partition coefficient (Wildman–Crippen LogP) is 3.14. The highest BCUT2D eigenvalue weighted by atomic mass is 19.1. The van der Waals surface area contributed by atoms with E-state index in [4.69, 9.17) is 5.73 Å². The highest BCUT2D eigenvalue weighted by molar-refractivity contribution is 5.68. The first kappa shape index (κ1) is 12.5. The van der Waals surface area contributed by atoms with Crippen LogP contribution in [-0.2, 0) is 6.42 Å². The second kappa shape index (κ2) is 4.76. The third-order valence-corrected chi connectivity index (χ3v) is 2.71. The molecule has 0 radical (unpaired) electrons. The van der Waals surface area contributed by atoms with Crippen molar-refractivity contribution in [2.45, 2.75) is 20.3 Å². The molecule has 1 aromatic carbocycles. The van der Waals surface area contributed by atoms with Gasteiger partial charge in [-0.1, -0.05) is 13.8 Å². The lowest BCUT2D eigenvalue weighted by Gasteiger charge is -2.07. The van der Waals surface area contributed by atoms with Gasteiger partial charge in [0.1, 0.15) is 17.5 Å². The van der Waals surface area contributed by atoms with Crippen LogP contribution in [0.2, 0.25) is 0 Å². The molecule has 2 aromatic rings. The van der Waals surface area contributed by atoms with Gasteiger partial charge in [-0.05, 0) is 24.5 Å². The molecular weight excluding hydrogens is 236 g/mol. The minimum Gasteiger partial charge on any atom is -0.382 e. The quantitative estimate of drug-likeness (QED) is 0.880. The maximum Gasteiger partial charge on any atom is 0.149 e. The normalized spacial score (nSPS) is 11.2. The number of rotatable bonds is 3. The van der Waals surface area contributed by atoms with Crippen molar-refractivity contribution in [2.24, 2.45) is 5.92 Å². The summed E-state index contributed by atoms with van der Waals surface area (Å²) in [6, 6.07) is 3.46. The van der Waals surface area contributed by atoms with Crippen molar-refractivity contribution in [1.82, 2.24) is 10.2 Å². The van der Waals surface area contributed by atoms with Crippen LogP contribution < -0.4 is 5.73 Å². The number of aromatic nitrogens is 2. The van der Waals surface area contributed by atoms with Gasteiger partial charge in [0.25, 0.3) is 0 Å². The van der Waals surface area contributed by atoms with Crippen molar-refractivity contribution < 1.29 is 8.78 Å². The first-order valence-corrected chi connectivity index (χ1v) is 5.77. The standard InChI is InChI=1S/C13H15F2N3/c1-7(2)5-10-12(17-18-13(10)16)9-4-3-8(14)6-11(9)15/h3-4,6-7H,5H2,1-2H3,(H3,16,17,18). The summed E-state index contributed by atoms with van der Waals surface area (Å²) in [6.07, 6.45) is 0.689. The molecule has 96 valence electrons. The Hall–Kier alpha value is -1.91. The van der Waals surface area contributed by atoms with Crippen LogP contribution in [0.15, 0.2) is 18.2 Å². The number of nitrogens with zero attached hydrogens (tertiary/aromatic N) is 1. The van der Waals surface area contributed by atoms with Gasteiger partial charge < -0.3 is 5.73 Å². The third kappa shape index (κ3) is 2.34. The highest BCUT2D eigenvalue weighted by Gasteiger charge is 2.17. The summed E-state index contributed by atoms with van der Waals surface area (Å²) in [5.41, 5.74) is 7.36. The van der Waals surface area contributed by atoms with Crippen LogP contribution in [0.25, 0.3) is 11.3 Å². The summed E-state index contributed by atoms with van der Waals surface area (Å²) in [5.74, 6) is -0.493. The molecule has 0 unspecified atom stereocenters. The van der Waals surface area contributed by atoms with Gasteiger partial charge >= 0.3 is 0 Å². The topological polar surface area (TPSA) is 54.7 Å². The molecule has 0 amide bonds. The zero-order valence-electron chi connectivity index (χ0n) is 10.3. The molecule has 0 aliphatic heterocycles. The molecule has 5 heteroatoms. The monoisotopic (exact) mass is 251 g/mol. The van der Waals surface area contributed by atoms with Gasteiger partial charge in [-0.2, -0.15) is 5.10 Å². The van der Waals surface area contributed by atoms with Crippen molar-refractivity contribution in [3.63, 3.8) is 0 Å². The van der Waals surface area contributed by atoms with Crippen LogP contribution in [0.5, 0.6) is 0 Å². The van der Waals surface area contributed by atoms with Crippen LogP contribution in [-0.4, -0.2) is 10.2 Å². The van der Waals surface area contributed by atoms with Gasteiger partial charge in [-0.3, -0.25) is 5.10 Å². The summed E-state index contributed by atoms with van der Waals surface area (Å²) in [5, 5.41) is 6.62. The van der Waals surface area contributed by atoms with E-state index in [2.05, 4.69) is 10.2 Å². The van der Waals surface area contributed by atoms with E-state index < -0.39 is 11.6 Å². The highest BCUT2D eigenvalue weighted by Crippen LogP contribution is 2.29. The van der Waals surface area contributed by atoms with Crippen molar-refractivity contribution >= 4 is 5.82 Å². The minimum atomic E-state index is -0.622. The van der Waals surface area contributed by atoms with Gasteiger partial charge in [0, 0.05) is 17.2 Å². The molecular formula is C13H15F2N3. The van der Waals surface area contributed by atoms with E-state index in [0.29, 0.717) is 23.9 Å². The maximum absolute atomic E-state index is 13.7. The SMILES string of the molecule is CC(C)Cc1c(N)n[nH]c1-c1ccc(F)cc1F. The smallest absolute Gasteiger partial charge is 0.149 e. The summed E-state index contributed by atoms with van der Waals surface area (Å²) in [6.45, 7) is 4.08. The van der Waals surface area contributed by atoms with Crippen molar-refractivity contribution in [3.05, 3.63) is 35.4 Å². The molecule has 3 N–H and O–H groups in total. The predicted molar refractivity (Wildman–Crippen MR) is 66.9 cm³/mol. The largest absolute Gasteiger partial charge is 0.382 e. The molecule has 0 aliphatic carbocycles. The molecule has 1 heterocycles. The second-order valence-electron chi connectivity index (χ2n) is 4.68. The minimum absolute atomic E-state index is 0.288. The summed E-state index contributed by atoms with van der Waals surface area (Å²) in [7, 11) is 0. The molecule has 0 fully saturated rings. The number of anilines is 1. The van der Waals surface area contributed by atoms with Gasteiger partial charge in [-0.25, -0.2) is 8.78 Å². The van der Waals surface area contributed by atoms with Gasteiger partial charge in [0.05, 0.1) is 5.69 Å². The maximum atomic E-state index is 13.7. The Kier molecular flexibility index (Phi) is 3.32. The Morgan fingerprint density at radius 2 is 2.06 bits per heavy atom. The lowest BCUT2D eigenvalue weighted by Crippen LogP contribution is -1.99. The molecule has 0 atom stereocenters. The number of nitrogen functional groups attached to an aromatic ring is 1. The van der Waals surface area contributed by atoms with E-state index in [-0.39, 0.29) is 5.56 Å². The van der Waals surface area contributed by atoms with Crippen LogP contribution in [0.1, 0.15) is 19.4 Å². The zero-order valence-corrected chi connectivity index (χ0v) is 10.3. The number of aromatic amines is 1. The Balaban J connectivity index is 2.50. The average Bonchev–Trinajstić information content (AvgIpc) is 2.60. The summed E-state index contributed by atoms with van der Waals surface area (Å²) in [4.78, 5) is 0. The van der Waals surface area contributed by atoms with E-state index in [1.165, 1.54) is 12.1 Å². The number of nitrogens with one attached hydrogen (secondary N) is 1. The fraction of sp³-hybridized carbons (Fsp3) is 0.308. The Morgan fingerprint density at radius 3 is 2.67 bits per heavy atom. The molecule has 0 saturated heterocycles. The van der Waals surface area contributed by atoms with Gasteiger partial charge in [0.2, 0.25) is 0 Å². The first-order chi connectivity index (χ1) is 8.49. The van der Waals surface area contributed by atoms with E-state index in [0.717, 1.165) is 11.6 Å². The molecule has 0 aliphatic rings. The van der Waals surface area contributed by atoms with Crippen LogP contribution >= 0.6 is 0 Å². The number of nitrogens with two attached hydrogens (primary N) is 1. The van der Waals surface area contributed by atoms with E-state index >= 15 is 0 Å². The second-order valence-corrected chi connectivity index (χ2v) is 4.68. The zero-order chi connectivity index (χ0) is 13.3. The number of halogens is 2. The number of hydrogen-bond donors (Lipinski definition) is 2. The summed E-state index contributed by atoms with van der Waals surface area (Å²) < 4.78 is 26.6. The number of benzene rings is 1. The molecule has 2 rings (SSSR count). The van der Waals surface area contributed by atoms with Gasteiger partial charge in [-0.15, -0.1) is 0 Å². The Bertz CT molecular complexity index is 561. The molecule has 0 bridgehead atoms. The summed E-state index contributed by atoms with van der Waals surface area (Å²) >= 11 is 0. The fourth-order valence-corrected chi connectivity index (χ4v) is 1.91. The van der Waals surface area contributed by atoms with E-state index in [9.17, 15) is 8.78 Å². The molecule has 3 nitrogen and oxygen atoms in total. The van der Waals surface area contributed by atoms with Crippen molar-refractivity contribution in [2.75, 3.05) is 5.73 Å². The van der Waals surface area contributed by atoms with E-state index in [1.54, 1.807) is 0 Å². The van der Waals surface area contributed by atoms with Gasteiger partial charge in [0.15, 0.2) is 0 Å². The molecule has 0 spiro atoms. The first-order valence-electron chi connectivity index (χ1n) is 5.77. The lowest BCUT2D eigenvalue weighted by atomic mass is 9.99. The number of H-pyrrole nitrogens is 1. The van der Waals surface area contributed by atoms with Crippen molar-refractivity contribution in [1.29, 1.82) is 0 Å². The molecule has 1 aromatic heterocycles. The third-order valence-electron chi connectivity index (χ3n) is 2.71. The van der Waals surface area contributed by atoms with E-state index in [1.807, 2.05) is 13.8 Å². The van der Waals surface area contributed by atoms with Crippen LogP contribution in [0.3, 0.4) is 0 Å². The number of hydrogen-bond acceptors (Lipinski definition) is 2. The van der Waals surface area contributed by atoms with Crippen LogP contribution in [0, 0.1) is 17.6 Å².